The van der Waals surface area contributed by atoms with Crippen LogP contribution in [0.2, 0.25) is 0 Å². The second-order valence-corrected chi connectivity index (χ2v) is 4.49. The Balaban J connectivity index is 2.61. The van der Waals surface area contributed by atoms with Gasteiger partial charge in [0, 0.05) is 5.69 Å². The van der Waals surface area contributed by atoms with Gasteiger partial charge in [0.2, 0.25) is 0 Å². The molecule has 0 spiro atoms. The molecule has 1 aromatic rings. The first-order chi connectivity index (χ1) is 8.00. The molecule has 0 aliphatic heterocycles. The first kappa shape index (κ1) is 13.5. The minimum atomic E-state index is -1.05. The van der Waals surface area contributed by atoms with Crippen LogP contribution in [0.1, 0.15) is 42.9 Å². The monoisotopic (exact) mass is 237 g/mol. The van der Waals surface area contributed by atoms with Crippen LogP contribution in [0.4, 0.5) is 0 Å². The molecule has 0 saturated heterocycles. The summed E-state index contributed by atoms with van der Waals surface area (Å²) in [5.74, 6) is -0.0619. The molecular weight excluding hydrogens is 218 g/mol. The van der Waals surface area contributed by atoms with E-state index in [9.17, 15) is 4.79 Å². The molecule has 4 heteroatoms. The maximum absolute atomic E-state index is 11.0. The van der Waals surface area contributed by atoms with Crippen LogP contribution in [0, 0.1) is 12.8 Å². The summed E-state index contributed by atoms with van der Waals surface area (Å²) >= 11 is 0. The van der Waals surface area contributed by atoms with Gasteiger partial charge in [0.1, 0.15) is 0 Å². The molecule has 1 rings (SSSR count). The summed E-state index contributed by atoms with van der Waals surface area (Å²) in [5, 5.41) is 8.99. The van der Waals surface area contributed by atoms with Crippen molar-refractivity contribution in [3.63, 3.8) is 0 Å². The maximum atomic E-state index is 11.0. The Morgan fingerprint density at radius 3 is 2.76 bits per heavy atom. The van der Waals surface area contributed by atoms with E-state index in [-0.39, 0.29) is 5.69 Å². The molecule has 0 unspecified atom stereocenters. The number of aromatic nitrogens is 1. The first-order valence-electron chi connectivity index (χ1n) is 5.84. The summed E-state index contributed by atoms with van der Waals surface area (Å²) in [6, 6.07) is 3.42. The Morgan fingerprint density at radius 2 is 2.18 bits per heavy atom. The van der Waals surface area contributed by atoms with Crippen molar-refractivity contribution in [2.75, 3.05) is 6.61 Å². The number of carbonyl (C=O) groups is 1. The Morgan fingerprint density at radius 1 is 1.47 bits per heavy atom. The average Bonchev–Trinajstić information content (AvgIpc) is 2.25. The van der Waals surface area contributed by atoms with Gasteiger partial charge in [-0.2, -0.15) is 0 Å². The highest BCUT2D eigenvalue weighted by atomic mass is 16.5. The number of ether oxygens (including phenoxy) is 1. The van der Waals surface area contributed by atoms with Crippen molar-refractivity contribution in [2.24, 2.45) is 5.92 Å². The number of aromatic carboxylic acids is 1. The van der Waals surface area contributed by atoms with Crippen LogP contribution in [0.15, 0.2) is 12.1 Å². The van der Waals surface area contributed by atoms with Crippen LogP contribution in [0.3, 0.4) is 0 Å². The molecule has 0 aliphatic rings. The van der Waals surface area contributed by atoms with Gasteiger partial charge in [-0.15, -0.1) is 0 Å². The Bertz CT molecular complexity index is 388. The molecule has 0 amide bonds. The highest BCUT2D eigenvalue weighted by Gasteiger charge is 2.13. The van der Waals surface area contributed by atoms with Crippen molar-refractivity contribution in [2.45, 2.75) is 33.6 Å². The summed E-state index contributed by atoms with van der Waals surface area (Å²) in [6.07, 6.45) is 1.99. The van der Waals surface area contributed by atoms with Gasteiger partial charge in [-0.05, 0) is 37.8 Å². The van der Waals surface area contributed by atoms with E-state index < -0.39 is 5.97 Å². The summed E-state index contributed by atoms with van der Waals surface area (Å²) in [6.45, 7) is 6.59. The van der Waals surface area contributed by atoms with Gasteiger partial charge in [-0.3, -0.25) is 0 Å². The fourth-order valence-corrected chi connectivity index (χ4v) is 1.49. The van der Waals surface area contributed by atoms with E-state index in [2.05, 4.69) is 18.8 Å². The Labute approximate surface area is 102 Å². The van der Waals surface area contributed by atoms with Gasteiger partial charge >= 0.3 is 5.97 Å². The smallest absolute Gasteiger partial charge is 0.358 e. The number of rotatable bonds is 6. The van der Waals surface area contributed by atoms with Crippen LogP contribution in [-0.2, 0) is 0 Å². The number of aryl methyl sites for hydroxylation is 1. The number of nitrogens with zero attached hydrogens (tertiary/aromatic N) is 1. The van der Waals surface area contributed by atoms with Crippen molar-refractivity contribution in [1.29, 1.82) is 0 Å². The van der Waals surface area contributed by atoms with E-state index in [4.69, 9.17) is 9.84 Å². The molecule has 0 radical (unpaired) electrons. The van der Waals surface area contributed by atoms with Crippen molar-refractivity contribution in [3.05, 3.63) is 23.5 Å². The summed E-state index contributed by atoms with van der Waals surface area (Å²) in [7, 11) is 0. The van der Waals surface area contributed by atoms with Gasteiger partial charge < -0.3 is 9.84 Å². The largest absolute Gasteiger partial charge is 0.491 e. The minimum absolute atomic E-state index is 0.00505. The minimum Gasteiger partial charge on any atom is -0.491 e. The molecule has 4 nitrogen and oxygen atoms in total. The van der Waals surface area contributed by atoms with Gasteiger partial charge in [0.05, 0.1) is 6.61 Å². The molecular formula is C13H19NO3. The Hall–Kier alpha value is -1.58. The normalized spacial score (nSPS) is 10.6. The zero-order valence-electron chi connectivity index (χ0n) is 10.6. The molecule has 0 fully saturated rings. The zero-order chi connectivity index (χ0) is 12.8. The van der Waals surface area contributed by atoms with E-state index >= 15 is 0 Å². The van der Waals surface area contributed by atoms with E-state index in [0.29, 0.717) is 24.0 Å². The van der Waals surface area contributed by atoms with E-state index in [0.717, 1.165) is 12.8 Å². The summed E-state index contributed by atoms with van der Waals surface area (Å²) in [5.41, 5.74) is 0.673. The van der Waals surface area contributed by atoms with Crippen LogP contribution in [-0.4, -0.2) is 22.7 Å². The van der Waals surface area contributed by atoms with Crippen molar-refractivity contribution >= 4 is 5.97 Å². The second kappa shape index (κ2) is 6.23. The van der Waals surface area contributed by atoms with Crippen LogP contribution >= 0.6 is 0 Å². The van der Waals surface area contributed by atoms with E-state index in [1.165, 1.54) is 0 Å². The molecule has 0 bridgehead atoms. The number of hydrogen-bond acceptors (Lipinski definition) is 3. The second-order valence-electron chi connectivity index (χ2n) is 4.49. The van der Waals surface area contributed by atoms with Gasteiger partial charge in [0.15, 0.2) is 11.4 Å². The Kier molecular flexibility index (Phi) is 4.94. The fraction of sp³-hybridized carbons (Fsp3) is 0.538. The summed E-state index contributed by atoms with van der Waals surface area (Å²) < 4.78 is 5.46. The number of carboxylic acids is 1. The molecule has 0 aliphatic carbocycles. The van der Waals surface area contributed by atoms with E-state index in [1.807, 2.05) is 0 Å². The molecule has 0 aromatic carbocycles. The summed E-state index contributed by atoms with van der Waals surface area (Å²) in [4.78, 5) is 14.9. The highest BCUT2D eigenvalue weighted by Crippen LogP contribution is 2.17. The van der Waals surface area contributed by atoms with Crippen molar-refractivity contribution < 1.29 is 14.6 Å². The number of carboxylic acid groups (broad SMARTS) is 1. The highest BCUT2D eigenvalue weighted by molar-refractivity contribution is 5.88. The van der Waals surface area contributed by atoms with Gasteiger partial charge in [-0.25, -0.2) is 9.78 Å². The standard InChI is InChI=1S/C13H19NO3/c1-9(2)5-4-8-17-11-7-6-10(3)14-12(11)13(15)16/h6-7,9H,4-5,8H2,1-3H3,(H,15,16). The van der Waals surface area contributed by atoms with E-state index in [1.54, 1.807) is 19.1 Å². The third kappa shape index (κ3) is 4.43. The zero-order valence-corrected chi connectivity index (χ0v) is 10.6. The molecule has 17 heavy (non-hydrogen) atoms. The van der Waals surface area contributed by atoms with Gasteiger partial charge in [-0.1, -0.05) is 13.8 Å². The fourth-order valence-electron chi connectivity index (χ4n) is 1.49. The lowest BCUT2D eigenvalue weighted by Gasteiger charge is -2.09. The third-order valence-electron chi connectivity index (χ3n) is 2.38. The van der Waals surface area contributed by atoms with Crippen LogP contribution < -0.4 is 4.74 Å². The van der Waals surface area contributed by atoms with Crippen LogP contribution in [0.25, 0.3) is 0 Å². The predicted octanol–water partition coefficient (Wildman–Crippen LogP) is 2.90. The lowest BCUT2D eigenvalue weighted by atomic mass is 10.1. The number of hydrogen-bond donors (Lipinski definition) is 1. The van der Waals surface area contributed by atoms with Crippen molar-refractivity contribution in [1.82, 2.24) is 4.98 Å². The first-order valence-corrected chi connectivity index (χ1v) is 5.84. The van der Waals surface area contributed by atoms with Gasteiger partial charge in [0.25, 0.3) is 0 Å². The maximum Gasteiger partial charge on any atom is 0.358 e. The quantitative estimate of drug-likeness (QED) is 0.773. The number of pyridine rings is 1. The van der Waals surface area contributed by atoms with Crippen LogP contribution in [0.5, 0.6) is 5.75 Å². The molecule has 0 atom stereocenters. The molecule has 1 aromatic heterocycles. The third-order valence-corrected chi connectivity index (χ3v) is 2.38. The average molecular weight is 237 g/mol. The lowest BCUT2D eigenvalue weighted by Crippen LogP contribution is -2.08. The lowest BCUT2D eigenvalue weighted by molar-refractivity contribution is 0.0685. The topological polar surface area (TPSA) is 59.4 Å². The molecule has 1 heterocycles. The molecule has 94 valence electrons. The molecule has 0 saturated carbocycles. The van der Waals surface area contributed by atoms with Crippen molar-refractivity contribution in [3.8, 4) is 5.75 Å². The predicted molar refractivity (Wildman–Crippen MR) is 65.5 cm³/mol. The molecule has 1 N–H and O–H groups in total. The SMILES string of the molecule is Cc1ccc(OCCCC(C)C)c(C(=O)O)n1.